The van der Waals surface area contributed by atoms with Crippen LogP contribution in [0.15, 0.2) is 42.6 Å². The number of carboxylic acids is 1. The maximum absolute atomic E-state index is 13.4. The van der Waals surface area contributed by atoms with E-state index in [1.54, 1.807) is 49.5 Å². The predicted molar refractivity (Wildman–Crippen MR) is 186 cm³/mol. The van der Waals surface area contributed by atoms with Crippen molar-refractivity contribution in [2.45, 2.75) is 64.0 Å². The molecule has 3 amide bonds. The van der Waals surface area contributed by atoms with Crippen LogP contribution in [0.1, 0.15) is 67.4 Å². The molecule has 1 aromatic carbocycles. The number of amides is 3. The monoisotopic (exact) mass is 674 g/mol. The fraction of sp³-hybridized carbons (Fsp3) is 0.471. The lowest BCUT2D eigenvalue weighted by Crippen LogP contribution is -2.49. The predicted octanol–water partition coefficient (Wildman–Crippen LogP) is 2.63. The number of hydrogen-bond acceptors (Lipinski definition) is 11. The minimum absolute atomic E-state index is 0.0102. The third-order valence-electron chi connectivity index (χ3n) is 8.58. The summed E-state index contributed by atoms with van der Waals surface area (Å²) >= 11 is 0. The van der Waals surface area contributed by atoms with Crippen LogP contribution >= 0.6 is 0 Å². The molecule has 2 atom stereocenters. The second-order valence-electron chi connectivity index (χ2n) is 12.5. The molecule has 0 fully saturated rings. The number of anilines is 3. The maximum Gasteiger partial charge on any atom is 0.303 e. The second kappa shape index (κ2) is 17.2. The van der Waals surface area contributed by atoms with E-state index in [-0.39, 0.29) is 43.0 Å². The maximum atomic E-state index is 13.4. The number of rotatable bonds is 14. The molecule has 0 saturated carbocycles. The van der Waals surface area contributed by atoms with Crippen molar-refractivity contribution in [1.82, 2.24) is 35.1 Å². The molecule has 0 bridgehead atoms. The van der Waals surface area contributed by atoms with Gasteiger partial charge in [0.05, 0.1) is 18.4 Å². The highest BCUT2D eigenvalue weighted by Gasteiger charge is 2.26. The Morgan fingerprint density at radius 3 is 2.45 bits per heavy atom. The van der Waals surface area contributed by atoms with E-state index in [0.29, 0.717) is 41.9 Å². The van der Waals surface area contributed by atoms with Crippen molar-refractivity contribution in [1.29, 1.82) is 0 Å². The first-order valence-electron chi connectivity index (χ1n) is 16.4. The summed E-state index contributed by atoms with van der Waals surface area (Å²) < 4.78 is 0. The second-order valence-corrected chi connectivity index (χ2v) is 12.5. The molecule has 1 aliphatic carbocycles. The van der Waals surface area contributed by atoms with Gasteiger partial charge in [-0.05, 0) is 55.9 Å². The van der Waals surface area contributed by atoms with Gasteiger partial charge < -0.3 is 36.6 Å². The Morgan fingerprint density at radius 1 is 0.980 bits per heavy atom. The molecule has 0 radical (unpaired) electrons. The van der Waals surface area contributed by atoms with E-state index in [1.807, 2.05) is 11.9 Å². The highest BCUT2D eigenvalue weighted by atomic mass is 16.4. The third kappa shape index (κ3) is 10.6. The van der Waals surface area contributed by atoms with Gasteiger partial charge in [-0.3, -0.25) is 19.2 Å². The largest absolute Gasteiger partial charge is 0.481 e. The van der Waals surface area contributed by atoms with Gasteiger partial charge >= 0.3 is 5.97 Å². The zero-order valence-corrected chi connectivity index (χ0v) is 28.3. The number of benzene rings is 1. The van der Waals surface area contributed by atoms with Crippen LogP contribution in [0.5, 0.6) is 0 Å². The molecule has 15 nitrogen and oxygen atoms in total. The van der Waals surface area contributed by atoms with E-state index in [2.05, 4.69) is 37.4 Å². The van der Waals surface area contributed by atoms with Crippen LogP contribution in [0.4, 0.5) is 17.5 Å². The Kier molecular flexibility index (Phi) is 12.8. The first-order chi connectivity index (χ1) is 23.4. The molecule has 2 aromatic heterocycles. The molecule has 4 rings (SSSR count). The van der Waals surface area contributed by atoms with E-state index in [4.69, 9.17) is 11.5 Å². The highest BCUT2D eigenvalue weighted by Crippen LogP contribution is 2.21. The number of carboxylic acid groups (broad SMARTS) is 1. The quantitative estimate of drug-likeness (QED) is 0.182. The fourth-order valence-electron chi connectivity index (χ4n) is 5.61. The number of nitrogen functional groups attached to an aromatic ring is 2. The van der Waals surface area contributed by atoms with Gasteiger partial charge in [0.2, 0.25) is 17.8 Å². The Morgan fingerprint density at radius 2 is 1.71 bits per heavy atom. The van der Waals surface area contributed by atoms with Crippen LogP contribution in [-0.2, 0) is 20.9 Å². The Bertz CT molecular complexity index is 1670. The first-order valence-corrected chi connectivity index (χ1v) is 16.4. The molecule has 6 N–H and O–H groups in total. The smallest absolute Gasteiger partial charge is 0.303 e. The summed E-state index contributed by atoms with van der Waals surface area (Å²) in [6.07, 6.45) is 11.4. The fourth-order valence-corrected chi connectivity index (χ4v) is 5.61. The Balaban J connectivity index is 1.33. The van der Waals surface area contributed by atoms with E-state index < -0.39 is 23.8 Å². The number of allylic oxidation sites excluding steroid dienone is 2. The van der Waals surface area contributed by atoms with Gasteiger partial charge in [0.15, 0.2) is 17.0 Å². The normalized spacial score (nSPS) is 15.8. The van der Waals surface area contributed by atoms with Gasteiger partial charge in [-0.15, -0.1) is 0 Å². The zero-order chi connectivity index (χ0) is 35.5. The van der Waals surface area contributed by atoms with Crippen molar-refractivity contribution >= 4 is 52.3 Å². The number of nitrogens with one attached hydrogen (secondary N) is 1. The molecule has 15 heteroatoms. The first kappa shape index (κ1) is 36.5. The molecule has 49 heavy (non-hydrogen) atoms. The van der Waals surface area contributed by atoms with Gasteiger partial charge in [0, 0.05) is 58.3 Å². The topological polar surface area (TPSA) is 214 Å². The standard InChI is InChI=1S/C34H46N10O5/c1-42(27(45)19-22-9-7-5-4-6-8-10-22)17-18-43(2)33(49)26(15-16-28(46)47)39-32(48)23-11-13-25(14-12-23)44(3)21-24-20-37-31-29(38-24)30(35)40-34(36)41-31/h7,9,11-14,20,22,26H,4-6,8,10,15-19,21H2,1-3H3,(H,39,48)(H,46,47)(H4,35,36,37,40,41)/b9-7+/t22?,26-/m0/s1. The Labute approximate surface area is 285 Å². The summed E-state index contributed by atoms with van der Waals surface area (Å²) in [5.41, 5.74) is 13.9. The lowest BCUT2D eigenvalue weighted by molar-refractivity contribution is -0.138. The van der Waals surface area contributed by atoms with Crippen molar-refractivity contribution in [3.8, 4) is 0 Å². The van der Waals surface area contributed by atoms with Gasteiger partial charge in [-0.1, -0.05) is 25.0 Å². The van der Waals surface area contributed by atoms with Crippen LogP contribution in [0.3, 0.4) is 0 Å². The summed E-state index contributed by atoms with van der Waals surface area (Å²) in [5.74, 6) is -1.64. The number of likely N-dealkylation sites (N-methyl/N-ethyl adjacent to an activating group) is 2. The van der Waals surface area contributed by atoms with Gasteiger partial charge in [-0.2, -0.15) is 9.97 Å². The number of fused-ring (bicyclic) bond motifs is 1. The van der Waals surface area contributed by atoms with Crippen molar-refractivity contribution in [2.75, 3.05) is 50.6 Å². The molecule has 0 aliphatic heterocycles. The molecule has 3 aromatic rings. The Hall–Kier alpha value is -5.34. The minimum atomic E-state index is -1.08. The molecular formula is C34H46N10O5. The summed E-state index contributed by atoms with van der Waals surface area (Å²) in [4.78, 5) is 72.6. The summed E-state index contributed by atoms with van der Waals surface area (Å²) in [7, 11) is 5.15. The average Bonchev–Trinajstić information content (AvgIpc) is 3.06. The zero-order valence-electron chi connectivity index (χ0n) is 28.3. The van der Waals surface area contributed by atoms with Crippen molar-refractivity contribution < 1.29 is 24.3 Å². The van der Waals surface area contributed by atoms with E-state index in [0.717, 1.165) is 24.9 Å². The van der Waals surface area contributed by atoms with Crippen LogP contribution in [0, 0.1) is 5.92 Å². The lowest BCUT2D eigenvalue weighted by Gasteiger charge is -2.27. The number of carbonyl (C=O) groups is 4. The van der Waals surface area contributed by atoms with Gasteiger partial charge in [0.1, 0.15) is 6.04 Å². The van der Waals surface area contributed by atoms with Crippen molar-refractivity contribution in [3.63, 3.8) is 0 Å². The summed E-state index contributed by atoms with van der Waals surface area (Å²) in [6, 6.07) is 5.68. The molecule has 2 heterocycles. The van der Waals surface area contributed by atoms with E-state index in [9.17, 15) is 24.3 Å². The number of carbonyl (C=O) groups excluding carboxylic acids is 3. The van der Waals surface area contributed by atoms with Crippen LogP contribution in [0.2, 0.25) is 0 Å². The van der Waals surface area contributed by atoms with E-state index >= 15 is 0 Å². The lowest BCUT2D eigenvalue weighted by atomic mass is 9.93. The molecule has 1 unspecified atom stereocenters. The molecular weight excluding hydrogens is 628 g/mol. The van der Waals surface area contributed by atoms with Crippen molar-refractivity contribution in [2.24, 2.45) is 5.92 Å². The van der Waals surface area contributed by atoms with Crippen LogP contribution in [-0.4, -0.2) is 98.8 Å². The molecule has 0 spiro atoms. The third-order valence-corrected chi connectivity index (χ3v) is 8.58. The van der Waals surface area contributed by atoms with E-state index in [1.165, 1.54) is 17.7 Å². The molecule has 1 aliphatic rings. The average molecular weight is 675 g/mol. The number of hydrogen-bond donors (Lipinski definition) is 4. The van der Waals surface area contributed by atoms with Gasteiger partial charge in [0.25, 0.3) is 5.91 Å². The SMILES string of the molecule is CN(CCN(C)C(=O)[C@H](CCC(=O)O)NC(=O)c1ccc(N(C)Cc2cnc3nc(N)nc(N)c3n2)cc1)C(=O)CC1/C=C/CCCCC1. The number of nitrogens with two attached hydrogens (primary N) is 2. The highest BCUT2D eigenvalue weighted by molar-refractivity contribution is 5.98. The molecule has 262 valence electrons. The number of aromatic nitrogens is 4. The van der Waals surface area contributed by atoms with Crippen LogP contribution < -0.4 is 21.7 Å². The van der Waals surface area contributed by atoms with Crippen molar-refractivity contribution in [3.05, 3.63) is 53.9 Å². The number of nitrogens with zero attached hydrogens (tertiary/aromatic N) is 7. The summed E-state index contributed by atoms with van der Waals surface area (Å²) in [5, 5.41) is 12.0. The number of aliphatic carboxylic acids is 1. The minimum Gasteiger partial charge on any atom is -0.481 e. The van der Waals surface area contributed by atoms with Crippen LogP contribution in [0.25, 0.3) is 11.2 Å². The molecule has 0 saturated heterocycles. The summed E-state index contributed by atoms with van der Waals surface area (Å²) in [6.45, 7) is 0.915. The van der Waals surface area contributed by atoms with Gasteiger partial charge in [-0.25, -0.2) is 9.97 Å².